The Morgan fingerprint density at radius 1 is 0.632 bits per heavy atom. The van der Waals surface area contributed by atoms with E-state index in [9.17, 15) is 0 Å². The first-order valence-electron chi connectivity index (χ1n) is 4.34. The second-order valence-corrected chi connectivity index (χ2v) is 9.63. The average molecular weight is 416 g/mol. The van der Waals surface area contributed by atoms with Crippen molar-refractivity contribution >= 4 is 29.1 Å². The van der Waals surface area contributed by atoms with E-state index in [2.05, 4.69) is 28.2 Å². The van der Waals surface area contributed by atoms with Crippen molar-refractivity contribution < 1.29 is 26.2 Å². The van der Waals surface area contributed by atoms with E-state index in [1.54, 1.807) is 18.6 Å². The van der Waals surface area contributed by atoms with Gasteiger partial charge in [-0.25, -0.2) is 15.0 Å². The smallest absolute Gasteiger partial charge is 0.180 e. The van der Waals surface area contributed by atoms with Crippen LogP contribution in [0.2, 0.25) is 0 Å². The van der Waals surface area contributed by atoms with Gasteiger partial charge < -0.3 is 13.3 Å². The van der Waals surface area contributed by atoms with Crippen LogP contribution in [0.25, 0.3) is 0 Å². The van der Waals surface area contributed by atoms with Crippen LogP contribution < -0.4 is 0 Å². The van der Waals surface area contributed by atoms with E-state index in [0.717, 1.165) is 0 Å². The molecule has 6 nitrogen and oxygen atoms in total. The molecule has 0 radical (unpaired) electrons. The van der Waals surface area contributed by atoms with Gasteiger partial charge in [-0.05, 0) is 0 Å². The second kappa shape index (κ2) is 15.2. The number of hydrogen-bond donors (Lipinski definition) is 0. The van der Waals surface area contributed by atoms with Crippen molar-refractivity contribution in [3.63, 3.8) is 0 Å². The van der Waals surface area contributed by atoms with Gasteiger partial charge in [0.05, 0.1) is 18.6 Å². The molecule has 0 aromatic carbocycles. The van der Waals surface area contributed by atoms with Gasteiger partial charge in [-0.15, -0.1) is 0 Å². The first-order chi connectivity index (χ1) is 9.23. The van der Waals surface area contributed by atoms with Crippen molar-refractivity contribution in [2.75, 3.05) is 0 Å². The van der Waals surface area contributed by atoms with Gasteiger partial charge in [0.2, 0.25) is 0 Å². The molecular weight excluding hydrogens is 407 g/mol. The molecule has 19 heavy (non-hydrogen) atoms. The molecule has 108 valence electrons. The fraction of sp³-hybridized carbons (Fsp3) is 0. The molecule has 0 spiro atoms. The molecular formula is C9H9Cl3N3O3Rh. The summed E-state index contributed by atoms with van der Waals surface area (Å²) < 4.78 is 13.4. The molecule has 0 unspecified atom stereocenters. The third kappa shape index (κ3) is 19.6. The molecule has 3 aromatic heterocycles. The van der Waals surface area contributed by atoms with Crippen molar-refractivity contribution in [3.05, 3.63) is 56.6 Å². The maximum atomic E-state index is 4.94. The molecule has 0 aliphatic heterocycles. The van der Waals surface area contributed by atoms with Crippen LogP contribution in [0.1, 0.15) is 0 Å². The number of aromatic nitrogens is 3. The van der Waals surface area contributed by atoms with Crippen molar-refractivity contribution in [3.8, 4) is 0 Å². The first-order valence-corrected chi connectivity index (χ1v) is 10.7. The van der Waals surface area contributed by atoms with Gasteiger partial charge in [-0.2, -0.15) is 0 Å². The monoisotopic (exact) mass is 415 g/mol. The Morgan fingerprint density at radius 3 is 0.947 bits per heavy atom. The van der Waals surface area contributed by atoms with E-state index in [1.165, 1.54) is 38.0 Å². The zero-order valence-electron chi connectivity index (χ0n) is 9.23. The quantitative estimate of drug-likeness (QED) is 0.514. The summed E-state index contributed by atoms with van der Waals surface area (Å²) in [4.78, 5) is 10.7. The Kier molecular flexibility index (Phi) is 14.5. The molecule has 0 aliphatic carbocycles. The molecule has 0 aliphatic rings. The third-order valence-electron chi connectivity index (χ3n) is 1.04. The summed E-state index contributed by atoms with van der Waals surface area (Å²) in [5, 5.41) is 0. The van der Waals surface area contributed by atoms with Gasteiger partial charge >= 0.3 is 42.1 Å². The summed E-state index contributed by atoms with van der Waals surface area (Å²) >= 11 is -1.66. The molecule has 0 amide bonds. The zero-order chi connectivity index (χ0) is 14.2. The van der Waals surface area contributed by atoms with Crippen LogP contribution in [-0.4, -0.2) is 15.0 Å². The molecule has 0 bridgehead atoms. The minimum absolute atomic E-state index is 1.38. The fourth-order valence-corrected chi connectivity index (χ4v) is 0.527. The zero-order valence-corrected chi connectivity index (χ0v) is 13.1. The maximum Gasteiger partial charge on any atom is 0.180 e. The summed E-state index contributed by atoms with van der Waals surface area (Å²) in [6.45, 7) is 0. The summed E-state index contributed by atoms with van der Waals surface area (Å²) in [6.07, 6.45) is 13.4. The van der Waals surface area contributed by atoms with Crippen LogP contribution in [0.4, 0.5) is 0 Å². The van der Waals surface area contributed by atoms with Crippen LogP contribution in [0.5, 0.6) is 0 Å². The minimum atomic E-state index is -1.66. The number of nitrogens with zero attached hydrogens (tertiary/aromatic N) is 3. The number of rotatable bonds is 0. The first kappa shape index (κ1) is 18.1. The maximum absolute atomic E-state index is 4.94. The third-order valence-corrected chi connectivity index (χ3v) is 1.04. The Bertz CT molecular complexity index is 306. The van der Waals surface area contributed by atoms with Gasteiger partial charge in [0.15, 0.2) is 19.2 Å². The fourth-order valence-electron chi connectivity index (χ4n) is 0.527. The minimum Gasteiger partial charge on any atom is -0.452 e. The summed E-state index contributed by atoms with van der Waals surface area (Å²) in [5.74, 6) is 0. The summed E-state index contributed by atoms with van der Waals surface area (Å²) in [5.41, 5.74) is 0. The van der Waals surface area contributed by atoms with E-state index >= 15 is 0 Å². The van der Waals surface area contributed by atoms with Gasteiger partial charge in [0.25, 0.3) is 0 Å². The number of hydrogen-bond acceptors (Lipinski definition) is 6. The average Bonchev–Trinajstić information content (AvgIpc) is 3.18. The second-order valence-electron chi connectivity index (χ2n) is 2.17. The SMILES string of the molecule is [Cl][Rh]([Cl])[Cl].c1cocn1.c1cocn1.c1cocn1. The van der Waals surface area contributed by atoms with Crippen LogP contribution >= 0.6 is 29.1 Å². The van der Waals surface area contributed by atoms with Crippen molar-refractivity contribution in [2.45, 2.75) is 0 Å². The summed E-state index contributed by atoms with van der Waals surface area (Å²) in [7, 11) is 14.8. The molecule has 0 atom stereocenters. The Morgan fingerprint density at radius 2 is 0.895 bits per heavy atom. The summed E-state index contributed by atoms with van der Waals surface area (Å²) in [6, 6.07) is 0. The molecule has 0 saturated carbocycles. The van der Waals surface area contributed by atoms with E-state index in [1.807, 2.05) is 0 Å². The molecule has 3 heterocycles. The van der Waals surface area contributed by atoms with Crippen LogP contribution in [0, 0.1) is 0 Å². The van der Waals surface area contributed by atoms with Gasteiger partial charge in [0.1, 0.15) is 18.8 Å². The normalized spacial score (nSPS) is 8.68. The van der Waals surface area contributed by atoms with Crippen LogP contribution in [0.15, 0.2) is 69.8 Å². The van der Waals surface area contributed by atoms with E-state index in [4.69, 9.17) is 29.1 Å². The number of halogens is 3. The number of oxazole rings is 3. The Labute approximate surface area is 126 Å². The molecule has 0 saturated heterocycles. The van der Waals surface area contributed by atoms with Crippen molar-refractivity contribution in [1.82, 2.24) is 15.0 Å². The Hall–Kier alpha value is -0.877. The van der Waals surface area contributed by atoms with Gasteiger partial charge in [-0.1, -0.05) is 0 Å². The van der Waals surface area contributed by atoms with E-state index in [0.29, 0.717) is 0 Å². The molecule has 0 N–H and O–H groups in total. The predicted molar refractivity (Wildman–Crippen MR) is 67.1 cm³/mol. The standard InChI is InChI=1S/3C3H3NO.3ClH.Rh/c3*1-2-5-3-4-1;;;;/h3*1-3H;3*1H;/q;;;;;;+3/p-3. The predicted octanol–water partition coefficient (Wildman–Crippen LogP) is 4.09. The largest absolute Gasteiger partial charge is 0.452 e. The molecule has 10 heteroatoms. The van der Waals surface area contributed by atoms with E-state index in [-0.39, 0.29) is 0 Å². The van der Waals surface area contributed by atoms with Gasteiger partial charge in [-0.3, -0.25) is 0 Å². The molecule has 3 rings (SSSR count). The van der Waals surface area contributed by atoms with Gasteiger partial charge in [0, 0.05) is 0 Å². The Balaban J connectivity index is 0.000000229. The topological polar surface area (TPSA) is 78.1 Å². The van der Waals surface area contributed by atoms with Crippen molar-refractivity contribution in [1.29, 1.82) is 0 Å². The van der Waals surface area contributed by atoms with Crippen molar-refractivity contribution in [2.24, 2.45) is 0 Å². The van der Waals surface area contributed by atoms with Crippen LogP contribution in [-0.2, 0) is 13.0 Å². The van der Waals surface area contributed by atoms with E-state index < -0.39 is 13.0 Å². The molecule has 0 fully saturated rings. The molecule has 3 aromatic rings. The van der Waals surface area contributed by atoms with Crippen LogP contribution in [0.3, 0.4) is 0 Å².